The van der Waals surface area contributed by atoms with Crippen molar-refractivity contribution in [1.82, 2.24) is 0 Å². The summed E-state index contributed by atoms with van der Waals surface area (Å²) in [5.41, 5.74) is 5.82. The summed E-state index contributed by atoms with van der Waals surface area (Å²) < 4.78 is 13.3. The molecule has 0 aromatic heterocycles. The molecular formula is C14H22FN3O. The first-order valence-electron chi connectivity index (χ1n) is 6.44. The van der Waals surface area contributed by atoms with Gasteiger partial charge >= 0.3 is 0 Å². The summed E-state index contributed by atoms with van der Waals surface area (Å²) in [5.74, 6) is 0.00838. The van der Waals surface area contributed by atoms with Crippen LogP contribution in [0.2, 0.25) is 0 Å². The molecule has 0 atom stereocenters. The highest BCUT2D eigenvalue weighted by Crippen LogP contribution is 2.23. The highest BCUT2D eigenvalue weighted by molar-refractivity contribution is 5.85. The van der Waals surface area contributed by atoms with Crippen LogP contribution in [-0.4, -0.2) is 17.6 Å². The number of nitrogens with two attached hydrogens (primary N) is 1. The maximum atomic E-state index is 13.3. The molecule has 0 aliphatic rings. The van der Waals surface area contributed by atoms with Crippen LogP contribution in [0.3, 0.4) is 0 Å². The van der Waals surface area contributed by atoms with E-state index in [1.165, 1.54) is 6.07 Å². The Balaban J connectivity index is 2.27. The SMILES string of the molecule is CC(C)(CCCCNc1ccccc1F)/C(N)=N/O. The zero-order valence-electron chi connectivity index (χ0n) is 11.5. The van der Waals surface area contributed by atoms with Crippen molar-refractivity contribution in [2.45, 2.75) is 33.1 Å². The van der Waals surface area contributed by atoms with E-state index in [-0.39, 0.29) is 17.1 Å². The van der Waals surface area contributed by atoms with E-state index in [0.29, 0.717) is 12.2 Å². The maximum Gasteiger partial charge on any atom is 0.146 e. The number of para-hydroxylation sites is 1. The van der Waals surface area contributed by atoms with E-state index in [1.54, 1.807) is 18.2 Å². The average Bonchev–Trinajstić information content (AvgIpc) is 2.39. The molecule has 0 amide bonds. The lowest BCUT2D eigenvalue weighted by atomic mass is 9.86. The topological polar surface area (TPSA) is 70.6 Å². The van der Waals surface area contributed by atoms with E-state index in [4.69, 9.17) is 10.9 Å². The first-order valence-corrected chi connectivity index (χ1v) is 6.44. The third-order valence-corrected chi connectivity index (χ3v) is 3.22. The van der Waals surface area contributed by atoms with Crippen LogP contribution in [0.5, 0.6) is 0 Å². The summed E-state index contributed by atoms with van der Waals surface area (Å²) in [6.07, 6.45) is 2.64. The molecule has 0 unspecified atom stereocenters. The minimum atomic E-state index is -0.313. The van der Waals surface area contributed by atoms with Crippen molar-refractivity contribution in [2.75, 3.05) is 11.9 Å². The van der Waals surface area contributed by atoms with E-state index >= 15 is 0 Å². The summed E-state index contributed by atoms with van der Waals surface area (Å²) in [7, 11) is 0. The summed E-state index contributed by atoms with van der Waals surface area (Å²) in [6.45, 7) is 4.58. The quantitative estimate of drug-likeness (QED) is 0.234. The molecule has 1 aromatic carbocycles. The normalized spacial score (nSPS) is 12.5. The maximum absolute atomic E-state index is 13.3. The molecule has 0 spiro atoms. The molecule has 0 saturated carbocycles. The van der Waals surface area contributed by atoms with Gasteiger partial charge in [-0.05, 0) is 25.0 Å². The molecule has 0 heterocycles. The summed E-state index contributed by atoms with van der Waals surface area (Å²) in [6, 6.07) is 6.62. The number of hydrogen-bond donors (Lipinski definition) is 3. The Morgan fingerprint density at radius 3 is 2.68 bits per heavy atom. The summed E-state index contributed by atoms with van der Waals surface area (Å²) >= 11 is 0. The lowest BCUT2D eigenvalue weighted by molar-refractivity contribution is 0.304. The predicted molar refractivity (Wildman–Crippen MR) is 75.9 cm³/mol. The molecule has 0 aliphatic heterocycles. The number of oxime groups is 1. The molecule has 1 rings (SSSR count). The van der Waals surface area contributed by atoms with Crippen LogP contribution in [0, 0.1) is 11.2 Å². The highest BCUT2D eigenvalue weighted by atomic mass is 19.1. The minimum absolute atomic E-state index is 0.237. The summed E-state index contributed by atoms with van der Waals surface area (Å²) in [5, 5.41) is 14.8. The van der Waals surface area contributed by atoms with Crippen LogP contribution in [0.15, 0.2) is 29.4 Å². The van der Waals surface area contributed by atoms with Gasteiger partial charge in [0.1, 0.15) is 11.7 Å². The van der Waals surface area contributed by atoms with Gasteiger partial charge in [-0.25, -0.2) is 4.39 Å². The number of unbranched alkanes of at least 4 members (excludes halogenated alkanes) is 1. The largest absolute Gasteiger partial charge is 0.409 e. The van der Waals surface area contributed by atoms with Crippen molar-refractivity contribution in [2.24, 2.45) is 16.3 Å². The van der Waals surface area contributed by atoms with Crippen molar-refractivity contribution in [3.63, 3.8) is 0 Å². The van der Waals surface area contributed by atoms with E-state index < -0.39 is 0 Å². The van der Waals surface area contributed by atoms with Crippen LogP contribution in [0.4, 0.5) is 10.1 Å². The number of benzene rings is 1. The molecule has 0 saturated heterocycles. The first-order chi connectivity index (χ1) is 8.97. The van der Waals surface area contributed by atoms with Crippen molar-refractivity contribution in [3.8, 4) is 0 Å². The van der Waals surface area contributed by atoms with Crippen LogP contribution < -0.4 is 11.1 Å². The third kappa shape index (κ3) is 4.77. The Morgan fingerprint density at radius 2 is 2.05 bits per heavy atom. The fourth-order valence-electron chi connectivity index (χ4n) is 1.78. The van der Waals surface area contributed by atoms with Gasteiger partial charge in [-0.2, -0.15) is 0 Å². The van der Waals surface area contributed by atoms with Gasteiger partial charge in [0.15, 0.2) is 0 Å². The zero-order chi connectivity index (χ0) is 14.3. The number of rotatable bonds is 7. The Hall–Kier alpha value is -1.78. The minimum Gasteiger partial charge on any atom is -0.409 e. The van der Waals surface area contributed by atoms with Gasteiger partial charge in [0, 0.05) is 12.0 Å². The van der Waals surface area contributed by atoms with Crippen molar-refractivity contribution >= 4 is 11.5 Å². The second-order valence-electron chi connectivity index (χ2n) is 5.23. The first kappa shape index (κ1) is 15.3. The third-order valence-electron chi connectivity index (χ3n) is 3.22. The standard InChI is InChI=1S/C14H22FN3O/c1-14(2,13(16)18-19)9-5-6-10-17-12-8-4-3-7-11(12)15/h3-4,7-8,17,19H,5-6,9-10H2,1-2H3,(H2,16,18). The van der Waals surface area contributed by atoms with Crippen LogP contribution in [0.25, 0.3) is 0 Å². The fourth-order valence-corrected chi connectivity index (χ4v) is 1.78. The van der Waals surface area contributed by atoms with E-state index in [2.05, 4.69) is 10.5 Å². The number of amidine groups is 1. The second kappa shape index (κ2) is 6.97. The monoisotopic (exact) mass is 267 g/mol. The molecule has 4 nitrogen and oxygen atoms in total. The number of nitrogens with one attached hydrogen (secondary N) is 1. The smallest absolute Gasteiger partial charge is 0.146 e. The molecule has 106 valence electrons. The van der Waals surface area contributed by atoms with Gasteiger partial charge in [0.05, 0.1) is 5.69 Å². The highest BCUT2D eigenvalue weighted by Gasteiger charge is 2.22. The predicted octanol–water partition coefficient (Wildman–Crippen LogP) is 3.18. The molecule has 0 fully saturated rings. The molecule has 1 aromatic rings. The van der Waals surface area contributed by atoms with Crippen molar-refractivity contribution < 1.29 is 9.60 Å². The molecule has 0 bridgehead atoms. The molecule has 0 radical (unpaired) electrons. The molecule has 5 heteroatoms. The molecule has 19 heavy (non-hydrogen) atoms. The Morgan fingerprint density at radius 1 is 1.37 bits per heavy atom. The molecule has 4 N–H and O–H groups in total. The number of halogens is 1. The van der Waals surface area contributed by atoms with Crippen LogP contribution in [-0.2, 0) is 0 Å². The molecular weight excluding hydrogens is 245 g/mol. The number of anilines is 1. The van der Waals surface area contributed by atoms with Crippen LogP contribution >= 0.6 is 0 Å². The average molecular weight is 267 g/mol. The lowest BCUT2D eigenvalue weighted by Crippen LogP contribution is -2.31. The Kier molecular flexibility index (Phi) is 5.60. The van der Waals surface area contributed by atoms with Crippen molar-refractivity contribution in [3.05, 3.63) is 30.1 Å². The van der Waals surface area contributed by atoms with Crippen molar-refractivity contribution in [1.29, 1.82) is 0 Å². The summed E-state index contributed by atoms with van der Waals surface area (Å²) in [4.78, 5) is 0. The van der Waals surface area contributed by atoms with Gasteiger partial charge in [0.2, 0.25) is 0 Å². The van der Waals surface area contributed by atoms with E-state index in [1.807, 2.05) is 13.8 Å². The van der Waals surface area contributed by atoms with E-state index in [9.17, 15) is 4.39 Å². The lowest BCUT2D eigenvalue weighted by Gasteiger charge is -2.22. The second-order valence-corrected chi connectivity index (χ2v) is 5.23. The van der Waals surface area contributed by atoms with E-state index in [0.717, 1.165) is 19.3 Å². The van der Waals surface area contributed by atoms with Gasteiger partial charge in [-0.15, -0.1) is 0 Å². The van der Waals surface area contributed by atoms with Gasteiger partial charge in [-0.1, -0.05) is 37.6 Å². The zero-order valence-corrected chi connectivity index (χ0v) is 11.5. The fraction of sp³-hybridized carbons (Fsp3) is 0.500. The van der Waals surface area contributed by atoms with Gasteiger partial charge in [0.25, 0.3) is 0 Å². The number of hydrogen-bond acceptors (Lipinski definition) is 3. The van der Waals surface area contributed by atoms with Crippen LogP contribution in [0.1, 0.15) is 33.1 Å². The number of nitrogens with zero attached hydrogens (tertiary/aromatic N) is 1. The Bertz CT molecular complexity index is 432. The molecule has 0 aliphatic carbocycles. The van der Waals surface area contributed by atoms with Gasteiger partial charge < -0.3 is 16.3 Å². The Labute approximate surface area is 113 Å². The van der Waals surface area contributed by atoms with Gasteiger partial charge in [-0.3, -0.25) is 0 Å².